The van der Waals surface area contributed by atoms with E-state index in [-0.39, 0.29) is 35.7 Å². The van der Waals surface area contributed by atoms with Crippen molar-refractivity contribution in [3.63, 3.8) is 0 Å². The second-order valence-corrected chi connectivity index (χ2v) is 14.9. The van der Waals surface area contributed by atoms with Gasteiger partial charge in [-0.3, -0.25) is 14.9 Å². The number of aliphatic hydroxyl groups is 1. The SMILES string of the molecule is COc1cc2cc(c1Cl)N(C)C(=O)C[C@H](OC(=O)[C@H]1CC[C@H](CS)CC1)[C@]1(C)O[C@H]1[C@H](C)[C@@H]1C[C@@](O)(NC(=O)O1)[C@H](OC)/C=C/C=C(\C)C2. The number of alkyl carbamates (subject to hydrolysis) is 1. The van der Waals surface area contributed by atoms with E-state index in [0.717, 1.165) is 29.7 Å². The Bertz CT molecular complexity index is 1480. The van der Waals surface area contributed by atoms with Crippen LogP contribution in [0.1, 0.15) is 64.9 Å². The largest absolute Gasteiger partial charge is 0.495 e. The summed E-state index contributed by atoms with van der Waals surface area (Å²) in [6, 6.07) is 3.67. The molecule has 5 rings (SSSR count). The van der Waals surface area contributed by atoms with Gasteiger partial charge in [-0.15, -0.1) is 0 Å². The van der Waals surface area contributed by atoms with Gasteiger partial charge in [-0.25, -0.2) is 4.79 Å². The van der Waals surface area contributed by atoms with Crippen molar-refractivity contribution in [2.24, 2.45) is 17.8 Å². The van der Waals surface area contributed by atoms with Crippen molar-refractivity contribution < 1.29 is 43.2 Å². The van der Waals surface area contributed by atoms with Gasteiger partial charge in [-0.1, -0.05) is 42.3 Å². The summed E-state index contributed by atoms with van der Waals surface area (Å²) in [6.45, 7) is 5.61. The van der Waals surface area contributed by atoms with Crippen LogP contribution in [0.4, 0.5) is 10.5 Å². The Morgan fingerprint density at radius 2 is 1.92 bits per heavy atom. The molecule has 0 unspecified atom stereocenters. The molecule has 2 N–H and O–H groups in total. The van der Waals surface area contributed by atoms with Gasteiger partial charge in [0.15, 0.2) is 5.72 Å². The highest BCUT2D eigenvalue weighted by atomic mass is 35.5. The van der Waals surface area contributed by atoms with Crippen molar-refractivity contribution in [1.82, 2.24) is 5.32 Å². The number of hydrogen-bond donors (Lipinski definition) is 3. The minimum absolute atomic E-state index is 0.00598. The number of rotatable bonds is 5. The quantitative estimate of drug-likeness (QED) is 0.208. The van der Waals surface area contributed by atoms with Gasteiger partial charge in [0.2, 0.25) is 5.91 Å². The van der Waals surface area contributed by atoms with Gasteiger partial charge in [0.05, 0.1) is 31.2 Å². The van der Waals surface area contributed by atoms with E-state index < -0.39 is 47.8 Å². The minimum atomic E-state index is -1.77. The summed E-state index contributed by atoms with van der Waals surface area (Å²) in [5, 5.41) is 14.5. The molecule has 3 aliphatic heterocycles. The van der Waals surface area contributed by atoms with Gasteiger partial charge in [-0.2, -0.15) is 12.6 Å². The number of methoxy groups -OCH3 is 2. The second-order valence-electron chi connectivity index (χ2n) is 14.1. The van der Waals surface area contributed by atoms with E-state index in [1.165, 1.54) is 19.1 Å². The lowest BCUT2D eigenvalue weighted by molar-refractivity contribution is -0.160. The molecule has 1 aromatic rings. The number of carbonyl (C=O) groups excluding carboxylic acids is 3. The fourth-order valence-corrected chi connectivity index (χ4v) is 8.10. The van der Waals surface area contributed by atoms with Crippen LogP contribution in [0.15, 0.2) is 35.9 Å². The van der Waals surface area contributed by atoms with Crippen LogP contribution < -0.4 is 15.0 Å². The van der Waals surface area contributed by atoms with E-state index in [4.69, 9.17) is 35.3 Å². The fourth-order valence-electron chi connectivity index (χ4n) is 7.42. The molecule has 0 aromatic heterocycles. The van der Waals surface area contributed by atoms with Gasteiger partial charge in [-0.05, 0) is 75.3 Å². The number of anilines is 1. The number of benzene rings is 1. The number of nitrogens with zero attached hydrogens (tertiary/aromatic N) is 1. The van der Waals surface area contributed by atoms with Crippen molar-refractivity contribution in [3.8, 4) is 5.75 Å². The van der Waals surface area contributed by atoms with Crippen LogP contribution in [0.3, 0.4) is 0 Å². The molecule has 7 atom stereocenters. The van der Waals surface area contributed by atoms with E-state index in [2.05, 4.69) is 17.9 Å². The van der Waals surface area contributed by atoms with Crippen LogP contribution >= 0.6 is 24.2 Å². The molecular formula is C36H49ClN2O9S. The highest BCUT2D eigenvalue weighted by molar-refractivity contribution is 7.80. The summed E-state index contributed by atoms with van der Waals surface area (Å²) in [5.74, 6) is 0.237. The maximum Gasteiger partial charge on any atom is 0.409 e. The standard InChI is InChI=1S/C36H49ClN2O9S/c1-20-8-7-9-28(45-6)36(43)18-27(46-34(42)38-36)21(2)32-35(3,48-32)29(47-33(41)24-12-10-22(19-49)11-13-24)17-30(40)39(4)25-15-23(14-20)16-26(44-5)31(25)37/h7-9,15-16,21-22,24,27-29,32,43,49H,10-14,17-19H2,1-6H3,(H,38,42)/b9-7+,20-8+/t21-,22-,24-,27+,28-,29+,32+,35+,36+/m1/s1. The van der Waals surface area contributed by atoms with Gasteiger partial charge in [0, 0.05) is 26.5 Å². The summed E-state index contributed by atoms with van der Waals surface area (Å²) in [6.07, 6.45) is 4.85. The molecule has 0 radical (unpaired) electrons. The lowest BCUT2D eigenvalue weighted by Gasteiger charge is -2.42. The highest BCUT2D eigenvalue weighted by Gasteiger charge is 2.64. The minimum Gasteiger partial charge on any atom is -0.495 e. The molecule has 1 aliphatic carbocycles. The molecule has 2 amide bonds. The number of carbonyl (C=O) groups is 3. The average molecular weight is 721 g/mol. The van der Waals surface area contributed by atoms with Crippen molar-refractivity contribution in [2.75, 3.05) is 31.9 Å². The van der Waals surface area contributed by atoms with Crippen LogP contribution in [0.25, 0.3) is 0 Å². The number of ether oxygens (including phenoxy) is 5. The number of fused-ring (bicyclic) bond motifs is 5. The predicted molar refractivity (Wildman–Crippen MR) is 188 cm³/mol. The highest BCUT2D eigenvalue weighted by Crippen LogP contribution is 2.49. The lowest BCUT2D eigenvalue weighted by Crippen LogP contribution is -2.63. The van der Waals surface area contributed by atoms with Gasteiger partial charge in [0.25, 0.3) is 0 Å². The van der Waals surface area contributed by atoms with Crippen LogP contribution in [0.5, 0.6) is 5.75 Å². The average Bonchev–Trinajstić information content (AvgIpc) is 3.77. The van der Waals surface area contributed by atoms with Crippen molar-refractivity contribution in [2.45, 2.75) is 101 Å². The lowest BCUT2D eigenvalue weighted by atomic mass is 9.82. The number of thiol groups is 1. The molecule has 4 bridgehead atoms. The van der Waals surface area contributed by atoms with Crippen molar-refractivity contribution >= 4 is 47.9 Å². The Morgan fingerprint density at radius 1 is 1.20 bits per heavy atom. The van der Waals surface area contributed by atoms with Crippen molar-refractivity contribution in [3.05, 3.63) is 46.5 Å². The molecule has 270 valence electrons. The first-order valence-electron chi connectivity index (χ1n) is 16.9. The molecule has 13 heteroatoms. The number of epoxide rings is 1. The van der Waals surface area contributed by atoms with Crippen LogP contribution in [-0.4, -0.2) is 85.8 Å². The van der Waals surface area contributed by atoms with Crippen LogP contribution in [0.2, 0.25) is 5.02 Å². The van der Waals surface area contributed by atoms with E-state index in [1.807, 2.05) is 32.1 Å². The number of amides is 2. The summed E-state index contributed by atoms with van der Waals surface area (Å²) in [4.78, 5) is 42.0. The Morgan fingerprint density at radius 3 is 2.57 bits per heavy atom. The molecular weight excluding hydrogens is 672 g/mol. The normalized spacial score (nSPS) is 37.1. The number of halogens is 1. The molecule has 1 aromatic carbocycles. The number of hydrogen-bond acceptors (Lipinski definition) is 10. The van der Waals surface area contributed by atoms with Crippen LogP contribution in [-0.2, 0) is 35.0 Å². The Kier molecular flexibility index (Phi) is 11.6. The van der Waals surface area contributed by atoms with E-state index >= 15 is 0 Å². The maximum absolute atomic E-state index is 14.1. The second kappa shape index (κ2) is 15.2. The van der Waals surface area contributed by atoms with Gasteiger partial charge in [0.1, 0.15) is 34.7 Å². The summed E-state index contributed by atoms with van der Waals surface area (Å²) in [5.41, 5.74) is -0.578. The molecule has 3 heterocycles. The number of nitrogens with one attached hydrogen (secondary N) is 1. The predicted octanol–water partition coefficient (Wildman–Crippen LogP) is 5.40. The summed E-state index contributed by atoms with van der Waals surface area (Å²) >= 11 is 11.2. The zero-order valence-electron chi connectivity index (χ0n) is 29.1. The topological polar surface area (TPSA) is 136 Å². The Balaban J connectivity index is 1.52. The molecule has 2 saturated heterocycles. The van der Waals surface area contributed by atoms with Crippen LogP contribution in [0, 0.1) is 17.8 Å². The molecule has 0 spiro atoms. The summed E-state index contributed by atoms with van der Waals surface area (Å²) in [7, 11) is 4.61. The Hall–Kier alpha value is -2.77. The van der Waals surface area contributed by atoms with Gasteiger partial charge >= 0.3 is 12.1 Å². The molecule has 4 aliphatic rings. The smallest absolute Gasteiger partial charge is 0.409 e. The monoisotopic (exact) mass is 720 g/mol. The Labute approximate surface area is 299 Å². The molecule has 49 heavy (non-hydrogen) atoms. The van der Waals surface area contributed by atoms with E-state index in [9.17, 15) is 19.5 Å². The fraction of sp³-hybridized carbons (Fsp3) is 0.639. The third-order valence-corrected chi connectivity index (χ3v) is 11.5. The molecule has 3 fully saturated rings. The van der Waals surface area contributed by atoms with Crippen molar-refractivity contribution in [1.29, 1.82) is 0 Å². The van der Waals surface area contributed by atoms with Gasteiger partial charge < -0.3 is 33.7 Å². The maximum atomic E-state index is 14.1. The third-order valence-electron chi connectivity index (χ3n) is 10.6. The zero-order chi connectivity index (χ0) is 35.7. The molecule has 1 saturated carbocycles. The number of esters is 1. The first-order chi connectivity index (χ1) is 23.2. The van der Waals surface area contributed by atoms with E-state index in [1.54, 1.807) is 26.1 Å². The third kappa shape index (κ3) is 8.09. The first-order valence-corrected chi connectivity index (χ1v) is 17.9. The van der Waals surface area contributed by atoms with E-state index in [0.29, 0.717) is 36.6 Å². The zero-order valence-corrected chi connectivity index (χ0v) is 30.7. The molecule has 11 nitrogen and oxygen atoms in total. The summed E-state index contributed by atoms with van der Waals surface area (Å²) < 4.78 is 29.4. The number of allylic oxidation sites excluding steroid dienone is 3. The first kappa shape index (κ1) is 37.5.